The summed E-state index contributed by atoms with van der Waals surface area (Å²) in [5, 5.41) is 2.92. The van der Waals surface area contributed by atoms with Crippen LogP contribution in [-0.2, 0) is 27.9 Å². The normalized spacial score (nSPS) is 17.6. The number of sulfonamides is 1. The van der Waals surface area contributed by atoms with Crippen molar-refractivity contribution in [2.75, 3.05) is 19.6 Å². The molecule has 6 nitrogen and oxygen atoms in total. The average molecular weight is 430 g/mol. The summed E-state index contributed by atoms with van der Waals surface area (Å²) in [6, 6.07) is 16.3. The molecule has 1 heterocycles. The molecule has 1 aliphatic heterocycles. The molecule has 0 spiro atoms. The van der Waals surface area contributed by atoms with Crippen LogP contribution in [-0.4, -0.2) is 38.9 Å². The first-order valence-electron chi connectivity index (χ1n) is 10.5. The molecule has 2 N–H and O–H groups in total. The van der Waals surface area contributed by atoms with Gasteiger partial charge in [-0.15, -0.1) is 0 Å². The van der Waals surface area contributed by atoms with Gasteiger partial charge in [-0.1, -0.05) is 49.4 Å². The van der Waals surface area contributed by atoms with Gasteiger partial charge in [0.25, 0.3) is 0 Å². The zero-order chi connectivity index (χ0) is 21.4. The summed E-state index contributed by atoms with van der Waals surface area (Å²) in [7, 11) is -3.59. The second-order valence-corrected chi connectivity index (χ2v) is 9.76. The van der Waals surface area contributed by atoms with Crippen LogP contribution in [0.1, 0.15) is 37.3 Å². The minimum absolute atomic E-state index is 0.0658. The van der Waals surface area contributed by atoms with Crippen molar-refractivity contribution < 1.29 is 13.2 Å². The zero-order valence-corrected chi connectivity index (χ0v) is 18.3. The van der Waals surface area contributed by atoms with E-state index in [1.165, 1.54) is 30.5 Å². The van der Waals surface area contributed by atoms with E-state index in [0.29, 0.717) is 6.54 Å². The van der Waals surface area contributed by atoms with E-state index in [1.807, 2.05) is 18.2 Å². The molecule has 0 bridgehead atoms. The van der Waals surface area contributed by atoms with E-state index in [0.717, 1.165) is 31.1 Å². The van der Waals surface area contributed by atoms with Crippen LogP contribution >= 0.6 is 0 Å². The molecule has 0 aromatic heterocycles. The number of piperidine rings is 1. The summed E-state index contributed by atoms with van der Waals surface area (Å²) in [4.78, 5) is 14.9. The predicted octanol–water partition coefficient (Wildman–Crippen LogP) is 2.90. The van der Waals surface area contributed by atoms with E-state index in [4.69, 9.17) is 0 Å². The summed E-state index contributed by atoms with van der Waals surface area (Å²) in [6.07, 6.45) is 2.62. The zero-order valence-electron chi connectivity index (χ0n) is 17.5. The molecule has 1 aliphatic rings. The van der Waals surface area contributed by atoms with Crippen LogP contribution in [0.2, 0.25) is 0 Å². The quantitative estimate of drug-likeness (QED) is 0.642. The van der Waals surface area contributed by atoms with Crippen molar-refractivity contribution in [1.29, 1.82) is 0 Å². The molecule has 0 radical (unpaired) electrons. The Labute approximate surface area is 179 Å². The first-order valence-corrected chi connectivity index (χ1v) is 12.0. The van der Waals surface area contributed by atoms with Crippen LogP contribution in [0.4, 0.5) is 0 Å². The number of amides is 1. The lowest BCUT2D eigenvalue weighted by atomic mass is 9.99. The molecule has 1 amide bonds. The molecule has 1 atom stereocenters. The van der Waals surface area contributed by atoms with Gasteiger partial charge in [-0.25, -0.2) is 13.1 Å². The second kappa shape index (κ2) is 10.7. The van der Waals surface area contributed by atoms with Crippen molar-refractivity contribution in [3.05, 3.63) is 65.7 Å². The van der Waals surface area contributed by atoms with Crippen molar-refractivity contribution in [2.24, 2.45) is 5.92 Å². The highest BCUT2D eigenvalue weighted by molar-refractivity contribution is 7.89. The van der Waals surface area contributed by atoms with Crippen molar-refractivity contribution in [3.8, 4) is 0 Å². The average Bonchev–Trinajstić information content (AvgIpc) is 2.74. The monoisotopic (exact) mass is 429 g/mol. The van der Waals surface area contributed by atoms with Gasteiger partial charge in [-0.2, -0.15) is 0 Å². The predicted molar refractivity (Wildman–Crippen MR) is 118 cm³/mol. The lowest BCUT2D eigenvalue weighted by Gasteiger charge is -2.31. The number of rotatable bonds is 9. The third-order valence-electron chi connectivity index (χ3n) is 5.43. The van der Waals surface area contributed by atoms with E-state index in [9.17, 15) is 13.2 Å². The molecule has 1 fully saturated rings. The van der Waals surface area contributed by atoms with Crippen molar-refractivity contribution in [3.63, 3.8) is 0 Å². The fraction of sp³-hybridized carbons (Fsp3) is 0.435. The highest BCUT2D eigenvalue weighted by Gasteiger charge is 2.17. The van der Waals surface area contributed by atoms with Gasteiger partial charge in [0, 0.05) is 32.6 Å². The number of hydrogen-bond donors (Lipinski definition) is 2. The van der Waals surface area contributed by atoms with E-state index in [1.54, 1.807) is 18.2 Å². The molecule has 30 heavy (non-hydrogen) atoms. The van der Waals surface area contributed by atoms with Crippen molar-refractivity contribution in [1.82, 2.24) is 14.9 Å². The number of likely N-dealkylation sites (tertiary alicyclic amines) is 1. The molecule has 3 rings (SSSR count). The van der Waals surface area contributed by atoms with Crippen molar-refractivity contribution in [2.45, 2.75) is 44.2 Å². The Morgan fingerprint density at radius 2 is 1.77 bits per heavy atom. The molecule has 7 heteroatoms. The molecule has 0 saturated carbocycles. The Morgan fingerprint density at radius 1 is 1.07 bits per heavy atom. The fourth-order valence-electron chi connectivity index (χ4n) is 3.82. The molecular weight excluding hydrogens is 398 g/mol. The summed E-state index contributed by atoms with van der Waals surface area (Å²) >= 11 is 0. The highest BCUT2D eigenvalue weighted by Crippen LogP contribution is 2.19. The third kappa shape index (κ3) is 6.65. The second-order valence-electron chi connectivity index (χ2n) is 7.99. The molecule has 0 aliphatic carbocycles. The molecule has 162 valence electrons. The van der Waals surface area contributed by atoms with Gasteiger partial charge >= 0.3 is 0 Å². The van der Waals surface area contributed by atoms with Crippen LogP contribution in [0.5, 0.6) is 0 Å². The van der Waals surface area contributed by atoms with Gasteiger partial charge in [-0.3, -0.25) is 9.69 Å². The van der Waals surface area contributed by atoms with E-state index >= 15 is 0 Å². The Balaban J connectivity index is 1.47. The van der Waals surface area contributed by atoms with Crippen molar-refractivity contribution >= 4 is 15.9 Å². The largest absolute Gasteiger partial charge is 0.352 e. The SMILES string of the molecule is CC1CCCN(Cc2ccccc2CNC(=O)CCNS(=O)(=O)c2ccccc2)C1. The number of hydrogen-bond acceptors (Lipinski definition) is 4. The number of carbonyl (C=O) groups is 1. The Hall–Kier alpha value is -2.22. The van der Waals surface area contributed by atoms with E-state index < -0.39 is 10.0 Å². The van der Waals surface area contributed by atoms with Gasteiger partial charge in [0.2, 0.25) is 15.9 Å². The van der Waals surface area contributed by atoms with Gasteiger partial charge in [0.05, 0.1) is 4.90 Å². The summed E-state index contributed by atoms with van der Waals surface area (Å²) in [6.45, 7) is 5.94. The number of nitrogens with zero attached hydrogens (tertiary/aromatic N) is 1. The van der Waals surface area contributed by atoms with Crippen LogP contribution in [0.25, 0.3) is 0 Å². The Kier molecular flexibility index (Phi) is 8.01. The molecule has 2 aromatic carbocycles. The van der Waals surface area contributed by atoms with Gasteiger partial charge in [0.15, 0.2) is 0 Å². The minimum atomic E-state index is -3.59. The maximum atomic E-state index is 12.2. The summed E-state index contributed by atoms with van der Waals surface area (Å²) < 4.78 is 26.9. The van der Waals surface area contributed by atoms with Gasteiger partial charge < -0.3 is 5.32 Å². The lowest BCUT2D eigenvalue weighted by molar-refractivity contribution is -0.121. The third-order valence-corrected chi connectivity index (χ3v) is 6.90. The minimum Gasteiger partial charge on any atom is -0.352 e. The molecular formula is C23H31N3O3S. The van der Waals surface area contributed by atoms with Crippen LogP contribution < -0.4 is 10.0 Å². The van der Waals surface area contributed by atoms with E-state index in [-0.39, 0.29) is 23.8 Å². The summed E-state index contributed by atoms with van der Waals surface area (Å²) in [5.41, 5.74) is 2.34. The first-order chi connectivity index (χ1) is 14.4. The topological polar surface area (TPSA) is 78.5 Å². The Morgan fingerprint density at radius 3 is 2.50 bits per heavy atom. The van der Waals surface area contributed by atoms with Gasteiger partial charge in [0.1, 0.15) is 0 Å². The number of nitrogens with one attached hydrogen (secondary N) is 2. The maximum Gasteiger partial charge on any atom is 0.240 e. The lowest BCUT2D eigenvalue weighted by Crippen LogP contribution is -2.34. The molecule has 1 saturated heterocycles. The Bertz CT molecular complexity index is 932. The van der Waals surface area contributed by atoms with Crippen LogP contribution in [0.15, 0.2) is 59.5 Å². The maximum absolute atomic E-state index is 12.2. The van der Waals surface area contributed by atoms with Gasteiger partial charge in [-0.05, 0) is 48.6 Å². The summed E-state index contributed by atoms with van der Waals surface area (Å²) in [5.74, 6) is 0.553. The van der Waals surface area contributed by atoms with Crippen LogP contribution in [0, 0.1) is 5.92 Å². The van der Waals surface area contributed by atoms with Crippen LogP contribution in [0.3, 0.4) is 0 Å². The number of carbonyl (C=O) groups excluding carboxylic acids is 1. The molecule has 1 unspecified atom stereocenters. The highest BCUT2D eigenvalue weighted by atomic mass is 32.2. The standard InChI is InChI=1S/C23H31N3O3S/c1-19-8-7-15-26(17-19)18-21-10-6-5-9-20(21)16-24-23(27)13-14-25-30(28,29)22-11-3-2-4-12-22/h2-6,9-12,19,25H,7-8,13-18H2,1H3,(H,24,27). The first kappa shape index (κ1) is 22.5. The molecule has 2 aromatic rings. The van der Waals surface area contributed by atoms with E-state index in [2.05, 4.69) is 27.9 Å². The number of benzene rings is 2. The fourth-order valence-corrected chi connectivity index (χ4v) is 4.87. The smallest absolute Gasteiger partial charge is 0.240 e.